The smallest absolute Gasteiger partial charge is 0.0408 e. The molecule has 0 bridgehead atoms. The Morgan fingerprint density at radius 2 is 2.31 bits per heavy atom. The molecule has 0 saturated heterocycles. The van der Waals surface area contributed by atoms with E-state index in [0.29, 0.717) is 0 Å². The molecular formula is C11H14ClN. The topological polar surface area (TPSA) is 26.0 Å². The van der Waals surface area contributed by atoms with E-state index >= 15 is 0 Å². The number of hydrogen-bond donors (Lipinski definition) is 1. The number of hydrogen-bond acceptors (Lipinski definition) is 1. The molecule has 0 aliphatic heterocycles. The monoisotopic (exact) mass is 195 g/mol. The van der Waals surface area contributed by atoms with Gasteiger partial charge in [0.2, 0.25) is 0 Å². The van der Waals surface area contributed by atoms with Crippen LogP contribution in [0.3, 0.4) is 0 Å². The summed E-state index contributed by atoms with van der Waals surface area (Å²) in [6.45, 7) is 2.95. The van der Waals surface area contributed by atoms with E-state index in [1.54, 1.807) is 0 Å². The Hall–Kier alpha value is -0.530. The highest BCUT2D eigenvalue weighted by Gasteiger charge is 2.32. The zero-order valence-corrected chi connectivity index (χ0v) is 8.56. The molecule has 13 heavy (non-hydrogen) atoms. The van der Waals surface area contributed by atoms with Gasteiger partial charge in [-0.05, 0) is 36.1 Å². The molecule has 0 heterocycles. The maximum absolute atomic E-state index is 5.93. The lowest BCUT2D eigenvalue weighted by Crippen LogP contribution is -2.28. The molecule has 1 aliphatic rings. The third kappa shape index (κ3) is 1.36. The average Bonchev–Trinajstić information content (AvgIpc) is 2.45. The van der Waals surface area contributed by atoms with Crippen LogP contribution in [0.15, 0.2) is 18.2 Å². The quantitative estimate of drug-likeness (QED) is 0.732. The number of fused-ring (bicyclic) bond motifs is 1. The highest BCUT2D eigenvalue weighted by molar-refractivity contribution is 6.30. The second kappa shape index (κ2) is 3.00. The first kappa shape index (κ1) is 9.04. The number of rotatable bonds is 1. The molecule has 0 amide bonds. The van der Waals surface area contributed by atoms with Gasteiger partial charge in [-0.2, -0.15) is 0 Å². The van der Waals surface area contributed by atoms with Crippen LogP contribution in [0.1, 0.15) is 24.5 Å². The summed E-state index contributed by atoms with van der Waals surface area (Å²) in [6.07, 6.45) is 2.27. The van der Waals surface area contributed by atoms with Crippen molar-refractivity contribution in [3.63, 3.8) is 0 Å². The van der Waals surface area contributed by atoms with Gasteiger partial charge in [0.25, 0.3) is 0 Å². The van der Waals surface area contributed by atoms with Crippen molar-refractivity contribution < 1.29 is 0 Å². The van der Waals surface area contributed by atoms with Gasteiger partial charge in [-0.25, -0.2) is 0 Å². The van der Waals surface area contributed by atoms with E-state index < -0.39 is 0 Å². The van der Waals surface area contributed by atoms with Crippen LogP contribution in [0.25, 0.3) is 0 Å². The van der Waals surface area contributed by atoms with E-state index in [-0.39, 0.29) is 5.41 Å². The van der Waals surface area contributed by atoms with E-state index in [1.807, 2.05) is 6.07 Å². The lowest BCUT2D eigenvalue weighted by atomic mass is 9.84. The van der Waals surface area contributed by atoms with Gasteiger partial charge in [0.05, 0.1) is 0 Å². The minimum atomic E-state index is 0.180. The standard InChI is InChI=1S/C11H14ClN/c1-11(7-13)5-4-8-6-9(12)2-3-10(8)11/h2-3,6H,4-5,7,13H2,1H3. The SMILES string of the molecule is CC1(CN)CCc2cc(Cl)ccc21. The molecule has 0 radical (unpaired) electrons. The van der Waals surface area contributed by atoms with Gasteiger partial charge in [-0.15, -0.1) is 0 Å². The first-order valence-corrected chi connectivity index (χ1v) is 5.02. The minimum Gasteiger partial charge on any atom is -0.330 e. The third-order valence-corrected chi connectivity index (χ3v) is 3.35. The fourth-order valence-electron chi connectivity index (χ4n) is 2.12. The molecule has 0 fully saturated rings. The molecule has 0 spiro atoms. The predicted octanol–water partition coefficient (Wildman–Crippen LogP) is 2.50. The lowest BCUT2D eigenvalue weighted by molar-refractivity contribution is 0.482. The molecule has 1 unspecified atom stereocenters. The van der Waals surface area contributed by atoms with Crippen LogP contribution >= 0.6 is 11.6 Å². The summed E-state index contributed by atoms with van der Waals surface area (Å²) in [4.78, 5) is 0. The van der Waals surface area contributed by atoms with Crippen molar-refractivity contribution in [1.82, 2.24) is 0 Å². The Morgan fingerprint density at radius 3 is 3.00 bits per heavy atom. The molecule has 70 valence electrons. The molecule has 1 aromatic carbocycles. The van der Waals surface area contributed by atoms with Crippen molar-refractivity contribution in [2.75, 3.05) is 6.54 Å². The van der Waals surface area contributed by atoms with Crippen molar-refractivity contribution in [2.45, 2.75) is 25.2 Å². The predicted molar refractivity (Wildman–Crippen MR) is 56.2 cm³/mol. The first-order valence-electron chi connectivity index (χ1n) is 4.65. The summed E-state index contributed by atoms with van der Waals surface area (Å²) < 4.78 is 0. The molecule has 1 aliphatic carbocycles. The van der Waals surface area contributed by atoms with Crippen molar-refractivity contribution in [1.29, 1.82) is 0 Å². The molecule has 2 rings (SSSR count). The van der Waals surface area contributed by atoms with E-state index in [2.05, 4.69) is 19.1 Å². The fourth-order valence-corrected chi connectivity index (χ4v) is 2.31. The van der Waals surface area contributed by atoms with Crippen LogP contribution < -0.4 is 5.73 Å². The Morgan fingerprint density at radius 1 is 1.54 bits per heavy atom. The normalized spacial score (nSPS) is 26.1. The molecule has 1 nitrogen and oxygen atoms in total. The second-order valence-corrected chi connectivity index (χ2v) is 4.50. The fraction of sp³-hybridized carbons (Fsp3) is 0.455. The van der Waals surface area contributed by atoms with Gasteiger partial charge in [-0.3, -0.25) is 0 Å². The molecular weight excluding hydrogens is 182 g/mol. The summed E-state index contributed by atoms with van der Waals surface area (Å²) in [5, 5.41) is 0.833. The molecule has 1 aromatic rings. The Bertz CT molecular complexity index is 335. The van der Waals surface area contributed by atoms with Crippen LogP contribution in [0.4, 0.5) is 0 Å². The number of nitrogens with two attached hydrogens (primary N) is 1. The average molecular weight is 196 g/mol. The summed E-state index contributed by atoms with van der Waals surface area (Å²) >= 11 is 5.93. The van der Waals surface area contributed by atoms with Crippen molar-refractivity contribution in [3.8, 4) is 0 Å². The second-order valence-electron chi connectivity index (χ2n) is 4.07. The summed E-state index contributed by atoms with van der Waals surface area (Å²) in [7, 11) is 0. The van der Waals surface area contributed by atoms with Crippen LogP contribution in [0.2, 0.25) is 5.02 Å². The van der Waals surface area contributed by atoms with Crippen LogP contribution in [0, 0.1) is 0 Å². The molecule has 0 aromatic heterocycles. The Labute approximate surface area is 83.9 Å². The summed E-state index contributed by atoms with van der Waals surface area (Å²) in [6, 6.07) is 6.15. The van der Waals surface area contributed by atoms with E-state index in [1.165, 1.54) is 11.1 Å². The molecule has 0 saturated carbocycles. The highest BCUT2D eigenvalue weighted by atomic mass is 35.5. The Balaban J connectivity index is 2.49. The Kier molecular flexibility index (Phi) is 2.09. The maximum Gasteiger partial charge on any atom is 0.0408 e. The summed E-state index contributed by atoms with van der Waals surface area (Å²) in [5.74, 6) is 0. The van der Waals surface area contributed by atoms with Gasteiger partial charge < -0.3 is 5.73 Å². The first-order chi connectivity index (χ1) is 6.15. The highest BCUT2D eigenvalue weighted by Crippen LogP contribution is 2.38. The summed E-state index contributed by atoms with van der Waals surface area (Å²) in [5.41, 5.74) is 8.73. The molecule has 2 heteroatoms. The lowest BCUT2D eigenvalue weighted by Gasteiger charge is -2.22. The molecule has 2 N–H and O–H groups in total. The van der Waals surface area contributed by atoms with Crippen molar-refractivity contribution in [3.05, 3.63) is 34.3 Å². The van der Waals surface area contributed by atoms with Gasteiger partial charge >= 0.3 is 0 Å². The van der Waals surface area contributed by atoms with Crippen molar-refractivity contribution >= 4 is 11.6 Å². The van der Waals surface area contributed by atoms with Gasteiger partial charge in [-0.1, -0.05) is 24.6 Å². The van der Waals surface area contributed by atoms with Gasteiger partial charge in [0.1, 0.15) is 0 Å². The maximum atomic E-state index is 5.93. The van der Waals surface area contributed by atoms with E-state index in [9.17, 15) is 0 Å². The third-order valence-electron chi connectivity index (χ3n) is 3.11. The zero-order valence-electron chi connectivity index (χ0n) is 7.81. The van der Waals surface area contributed by atoms with Gasteiger partial charge in [0, 0.05) is 17.0 Å². The van der Waals surface area contributed by atoms with Crippen molar-refractivity contribution in [2.24, 2.45) is 5.73 Å². The largest absolute Gasteiger partial charge is 0.330 e. The number of halogens is 1. The zero-order chi connectivity index (χ0) is 9.47. The molecule has 1 atom stereocenters. The van der Waals surface area contributed by atoms with Crippen LogP contribution in [-0.4, -0.2) is 6.54 Å². The van der Waals surface area contributed by atoms with Gasteiger partial charge in [0.15, 0.2) is 0 Å². The number of aryl methyl sites for hydroxylation is 1. The van der Waals surface area contributed by atoms with Crippen LogP contribution in [0.5, 0.6) is 0 Å². The van der Waals surface area contributed by atoms with Crippen LogP contribution in [-0.2, 0) is 11.8 Å². The van der Waals surface area contributed by atoms with E-state index in [0.717, 1.165) is 24.4 Å². The minimum absolute atomic E-state index is 0.180. The van der Waals surface area contributed by atoms with E-state index in [4.69, 9.17) is 17.3 Å². The number of benzene rings is 1.